The van der Waals surface area contributed by atoms with E-state index in [4.69, 9.17) is 11.6 Å². The van der Waals surface area contributed by atoms with Crippen LogP contribution < -0.4 is 15.5 Å². The molecule has 0 radical (unpaired) electrons. The molecule has 0 spiro atoms. The van der Waals surface area contributed by atoms with Crippen molar-refractivity contribution in [1.82, 2.24) is 15.6 Å². The number of hydrogen-bond acceptors (Lipinski definition) is 3. The number of aromatic nitrogens is 1. The summed E-state index contributed by atoms with van der Waals surface area (Å²) in [4.78, 5) is 10.8. The molecule has 2 heterocycles. The van der Waals surface area contributed by atoms with Crippen LogP contribution in [0, 0.1) is 5.82 Å². The van der Waals surface area contributed by atoms with Crippen LogP contribution >= 0.6 is 51.5 Å². The van der Waals surface area contributed by atoms with Crippen LogP contribution in [-0.2, 0) is 6.54 Å². The molecule has 1 saturated heterocycles. The lowest BCUT2D eigenvalue weighted by molar-refractivity contribution is 0.600. The van der Waals surface area contributed by atoms with E-state index in [2.05, 4.69) is 41.4 Å². The molecule has 5 nitrogen and oxygen atoms in total. The summed E-state index contributed by atoms with van der Waals surface area (Å²) < 4.78 is 14.7. The van der Waals surface area contributed by atoms with E-state index in [1.807, 2.05) is 12.1 Å². The Morgan fingerprint density at radius 2 is 2.26 bits per heavy atom. The number of anilines is 1. The molecule has 2 aromatic rings. The van der Waals surface area contributed by atoms with Crippen molar-refractivity contribution in [3.8, 4) is 0 Å². The molecule has 0 aliphatic carbocycles. The Bertz CT molecular complexity index is 807. The first-order valence-corrected chi connectivity index (χ1v) is 9.50. The molecular formula is C18H21BrClFIN5. The predicted octanol–water partition coefficient (Wildman–Crippen LogP) is 4.20. The molecule has 1 unspecified atom stereocenters. The summed E-state index contributed by atoms with van der Waals surface area (Å²) in [6, 6.07) is 8.77. The number of benzene rings is 1. The first kappa shape index (κ1) is 22.2. The van der Waals surface area contributed by atoms with Crippen molar-refractivity contribution in [2.45, 2.75) is 19.0 Å². The summed E-state index contributed by atoms with van der Waals surface area (Å²) in [6.07, 6.45) is 2.69. The van der Waals surface area contributed by atoms with Gasteiger partial charge in [-0.15, -0.1) is 24.0 Å². The van der Waals surface area contributed by atoms with E-state index in [9.17, 15) is 4.39 Å². The number of hydrogen-bond donors (Lipinski definition) is 2. The number of rotatable bonds is 4. The number of pyridine rings is 1. The molecule has 0 bridgehead atoms. The van der Waals surface area contributed by atoms with Crippen molar-refractivity contribution >= 4 is 63.3 Å². The molecule has 1 aliphatic heterocycles. The molecule has 1 aliphatic rings. The van der Waals surface area contributed by atoms with Gasteiger partial charge in [-0.3, -0.25) is 4.99 Å². The minimum atomic E-state index is -0.243. The molecule has 146 valence electrons. The topological polar surface area (TPSA) is 52.6 Å². The van der Waals surface area contributed by atoms with Gasteiger partial charge in [-0.2, -0.15) is 0 Å². The predicted molar refractivity (Wildman–Crippen MR) is 123 cm³/mol. The smallest absolute Gasteiger partial charge is 0.191 e. The third-order valence-electron chi connectivity index (χ3n) is 4.25. The van der Waals surface area contributed by atoms with Gasteiger partial charge in [0, 0.05) is 49.0 Å². The second kappa shape index (κ2) is 10.4. The van der Waals surface area contributed by atoms with Crippen molar-refractivity contribution < 1.29 is 4.39 Å². The summed E-state index contributed by atoms with van der Waals surface area (Å²) in [5.74, 6) is 1.20. The first-order chi connectivity index (χ1) is 12.6. The lowest BCUT2D eigenvalue weighted by atomic mass is 10.2. The number of halogens is 4. The van der Waals surface area contributed by atoms with Gasteiger partial charge in [0.25, 0.3) is 0 Å². The molecule has 2 N–H and O–H groups in total. The number of nitrogens with one attached hydrogen (secondary N) is 2. The quantitative estimate of drug-likeness (QED) is 0.330. The van der Waals surface area contributed by atoms with Crippen LogP contribution in [0.3, 0.4) is 0 Å². The van der Waals surface area contributed by atoms with E-state index in [0.717, 1.165) is 29.8 Å². The van der Waals surface area contributed by atoms with Crippen LogP contribution in [-0.4, -0.2) is 37.1 Å². The Labute approximate surface area is 188 Å². The van der Waals surface area contributed by atoms with Crippen molar-refractivity contribution in [3.05, 3.63) is 57.4 Å². The number of nitrogens with zero attached hydrogens (tertiary/aromatic N) is 3. The summed E-state index contributed by atoms with van der Waals surface area (Å²) >= 11 is 9.59. The molecule has 1 aromatic carbocycles. The van der Waals surface area contributed by atoms with E-state index in [-0.39, 0.29) is 35.8 Å². The van der Waals surface area contributed by atoms with Gasteiger partial charge in [0.05, 0.1) is 5.02 Å². The molecule has 9 heteroatoms. The first-order valence-electron chi connectivity index (χ1n) is 8.33. The normalized spacial score (nSPS) is 16.8. The van der Waals surface area contributed by atoms with Crippen LogP contribution in [0.5, 0.6) is 0 Å². The van der Waals surface area contributed by atoms with Crippen LogP contribution in [0.25, 0.3) is 0 Å². The maximum Gasteiger partial charge on any atom is 0.191 e. The molecule has 1 atom stereocenters. The van der Waals surface area contributed by atoms with Gasteiger partial charge >= 0.3 is 0 Å². The third-order valence-corrected chi connectivity index (χ3v) is 5.03. The van der Waals surface area contributed by atoms with Crippen LogP contribution in [0.2, 0.25) is 5.02 Å². The van der Waals surface area contributed by atoms with Gasteiger partial charge < -0.3 is 15.5 Å². The highest BCUT2D eigenvalue weighted by Crippen LogP contribution is 2.25. The monoisotopic (exact) mass is 567 g/mol. The molecular weight excluding hydrogens is 547 g/mol. The Balaban J connectivity index is 0.00000261. The number of guanidine groups is 1. The minimum Gasteiger partial charge on any atom is -0.353 e. The largest absolute Gasteiger partial charge is 0.353 e. The molecule has 27 heavy (non-hydrogen) atoms. The molecule has 1 aromatic heterocycles. The van der Waals surface area contributed by atoms with Crippen molar-refractivity contribution in [2.24, 2.45) is 4.99 Å². The minimum absolute atomic E-state index is 0. The number of aliphatic imine (C=N–C) groups is 1. The lowest BCUT2D eigenvalue weighted by Crippen LogP contribution is -2.44. The maximum atomic E-state index is 13.9. The standard InChI is InChI=1S/C18H20BrClFN5.HI/c1-22-18(24-10-12-9-13(19)4-5-16(12)21)25-14-6-8-26(11-14)17-15(20)3-2-7-23-17;/h2-5,7,9,14H,6,8,10-11H2,1H3,(H2,22,24,25);1H. The Morgan fingerprint density at radius 1 is 1.44 bits per heavy atom. The zero-order chi connectivity index (χ0) is 18.5. The van der Waals surface area contributed by atoms with E-state index in [1.54, 1.807) is 25.4 Å². The summed E-state index contributed by atoms with van der Waals surface area (Å²) in [5, 5.41) is 7.20. The van der Waals surface area contributed by atoms with E-state index >= 15 is 0 Å². The second-order valence-corrected chi connectivity index (χ2v) is 7.37. The highest BCUT2D eigenvalue weighted by atomic mass is 127. The zero-order valence-corrected chi connectivity index (χ0v) is 19.4. The van der Waals surface area contributed by atoms with E-state index in [0.29, 0.717) is 23.1 Å². The molecule has 3 rings (SSSR count). The highest BCUT2D eigenvalue weighted by molar-refractivity contribution is 14.0. The van der Waals surface area contributed by atoms with Crippen molar-refractivity contribution in [3.63, 3.8) is 0 Å². The van der Waals surface area contributed by atoms with Gasteiger partial charge in [0.15, 0.2) is 5.96 Å². The zero-order valence-electron chi connectivity index (χ0n) is 14.8. The molecule has 0 saturated carbocycles. The van der Waals surface area contributed by atoms with Gasteiger partial charge in [0.2, 0.25) is 0 Å². The van der Waals surface area contributed by atoms with E-state index < -0.39 is 0 Å². The van der Waals surface area contributed by atoms with Gasteiger partial charge in [-0.25, -0.2) is 9.37 Å². The van der Waals surface area contributed by atoms with Crippen molar-refractivity contribution in [2.75, 3.05) is 25.0 Å². The third kappa shape index (κ3) is 5.92. The van der Waals surface area contributed by atoms with E-state index in [1.165, 1.54) is 6.07 Å². The maximum absolute atomic E-state index is 13.9. The Morgan fingerprint density at radius 3 is 3.00 bits per heavy atom. The van der Waals surface area contributed by atoms with Gasteiger partial charge in [-0.1, -0.05) is 27.5 Å². The summed E-state index contributed by atoms with van der Waals surface area (Å²) in [5.41, 5.74) is 0.579. The Kier molecular flexibility index (Phi) is 8.56. The second-order valence-electron chi connectivity index (χ2n) is 6.05. The fourth-order valence-electron chi connectivity index (χ4n) is 2.93. The fraction of sp³-hybridized carbons (Fsp3) is 0.333. The highest BCUT2D eigenvalue weighted by Gasteiger charge is 2.25. The average molecular weight is 569 g/mol. The lowest BCUT2D eigenvalue weighted by Gasteiger charge is -2.20. The van der Waals surface area contributed by atoms with Gasteiger partial charge in [-0.05, 0) is 36.8 Å². The van der Waals surface area contributed by atoms with Gasteiger partial charge in [0.1, 0.15) is 11.6 Å². The SMILES string of the molecule is CN=C(NCc1cc(Br)ccc1F)NC1CCN(c2ncccc2Cl)C1.I. The van der Waals surface area contributed by atoms with Crippen molar-refractivity contribution in [1.29, 1.82) is 0 Å². The van der Waals surface area contributed by atoms with Crippen LogP contribution in [0.15, 0.2) is 46.0 Å². The molecule has 1 fully saturated rings. The van der Waals surface area contributed by atoms with Crippen LogP contribution in [0.4, 0.5) is 10.2 Å². The van der Waals surface area contributed by atoms with Crippen LogP contribution in [0.1, 0.15) is 12.0 Å². The summed E-state index contributed by atoms with van der Waals surface area (Å²) in [7, 11) is 1.70. The molecule has 0 amide bonds. The fourth-order valence-corrected chi connectivity index (χ4v) is 3.58. The average Bonchev–Trinajstić information content (AvgIpc) is 3.10. The Hall–Kier alpha value is -1.13. The summed E-state index contributed by atoms with van der Waals surface area (Å²) in [6.45, 7) is 2.00.